The minimum atomic E-state index is -0.502. The van der Waals surface area contributed by atoms with Crippen molar-refractivity contribution in [2.45, 2.75) is 57.8 Å². The Hall–Kier alpha value is -0.900. The van der Waals surface area contributed by atoms with E-state index in [1.54, 1.807) is 7.11 Å². The highest BCUT2D eigenvalue weighted by atomic mass is 16.5. The van der Waals surface area contributed by atoms with E-state index in [2.05, 4.69) is 38.1 Å². The van der Waals surface area contributed by atoms with Crippen molar-refractivity contribution in [3.05, 3.63) is 35.4 Å². The maximum absolute atomic E-state index is 10.3. The third-order valence-electron chi connectivity index (χ3n) is 4.45. The fourth-order valence-electron chi connectivity index (χ4n) is 3.07. The number of aryl methyl sites for hydroxylation is 2. The first-order valence-corrected chi connectivity index (χ1v) is 8.00. The van der Waals surface area contributed by atoms with Gasteiger partial charge in [-0.3, -0.25) is 0 Å². The first-order valence-electron chi connectivity index (χ1n) is 8.00. The number of hydrogen-bond acceptors (Lipinski definition) is 3. The van der Waals surface area contributed by atoms with Gasteiger partial charge in [-0.15, -0.1) is 0 Å². The molecule has 0 bridgehead atoms. The fourth-order valence-corrected chi connectivity index (χ4v) is 3.07. The lowest BCUT2D eigenvalue weighted by Gasteiger charge is -2.38. The Kier molecular flexibility index (Phi) is 6.22. The molecule has 1 aromatic carbocycles. The summed E-state index contributed by atoms with van der Waals surface area (Å²) in [5, 5.41) is 10.3. The van der Waals surface area contributed by atoms with Crippen molar-refractivity contribution in [1.82, 2.24) is 0 Å². The Morgan fingerprint density at radius 2 is 1.95 bits per heavy atom. The van der Waals surface area contributed by atoms with E-state index >= 15 is 0 Å². The number of benzene rings is 1. The molecule has 1 heterocycles. The zero-order valence-electron chi connectivity index (χ0n) is 13.4. The van der Waals surface area contributed by atoms with Crippen molar-refractivity contribution in [2.24, 2.45) is 5.92 Å². The van der Waals surface area contributed by atoms with Gasteiger partial charge in [0.1, 0.15) is 6.10 Å². The molecule has 1 saturated heterocycles. The van der Waals surface area contributed by atoms with Crippen LogP contribution < -0.4 is 0 Å². The molecule has 1 fully saturated rings. The average molecular weight is 292 g/mol. The van der Waals surface area contributed by atoms with E-state index in [4.69, 9.17) is 9.47 Å². The highest BCUT2D eigenvalue weighted by molar-refractivity contribution is 5.21. The largest absolute Gasteiger partial charge is 0.388 e. The van der Waals surface area contributed by atoms with Crippen molar-refractivity contribution in [1.29, 1.82) is 0 Å². The molecule has 0 aromatic heterocycles. The molecular formula is C18H28O3. The van der Waals surface area contributed by atoms with E-state index in [0.717, 1.165) is 25.7 Å². The van der Waals surface area contributed by atoms with Gasteiger partial charge in [0.05, 0.1) is 18.8 Å². The van der Waals surface area contributed by atoms with Gasteiger partial charge in [-0.1, -0.05) is 43.2 Å². The molecule has 1 aliphatic rings. The van der Waals surface area contributed by atoms with Gasteiger partial charge in [0, 0.05) is 13.0 Å². The Bertz CT molecular complexity index is 415. The second-order valence-electron chi connectivity index (χ2n) is 6.27. The quantitative estimate of drug-likeness (QED) is 0.819. The van der Waals surface area contributed by atoms with Gasteiger partial charge in [0.25, 0.3) is 0 Å². The summed E-state index contributed by atoms with van der Waals surface area (Å²) in [5.41, 5.74) is 2.69. The van der Waals surface area contributed by atoms with Gasteiger partial charge in [0.15, 0.2) is 0 Å². The molecule has 3 heteroatoms. The van der Waals surface area contributed by atoms with Gasteiger partial charge in [-0.05, 0) is 31.7 Å². The number of hydrogen-bond donors (Lipinski definition) is 1. The average Bonchev–Trinajstić information content (AvgIpc) is 2.48. The Morgan fingerprint density at radius 3 is 2.62 bits per heavy atom. The molecule has 21 heavy (non-hydrogen) atoms. The van der Waals surface area contributed by atoms with Crippen molar-refractivity contribution in [3.63, 3.8) is 0 Å². The van der Waals surface area contributed by atoms with Gasteiger partial charge < -0.3 is 14.6 Å². The van der Waals surface area contributed by atoms with Crippen LogP contribution in [0, 0.1) is 12.8 Å². The Morgan fingerprint density at radius 1 is 1.24 bits per heavy atom. The molecular weight excluding hydrogens is 264 g/mol. The van der Waals surface area contributed by atoms with Crippen molar-refractivity contribution in [2.75, 3.05) is 13.7 Å². The van der Waals surface area contributed by atoms with Crippen LogP contribution in [0.1, 0.15) is 37.3 Å². The summed E-state index contributed by atoms with van der Waals surface area (Å²) in [6.45, 7) is 4.85. The monoisotopic (exact) mass is 292 g/mol. The SMILES string of the molecule is CO[C@@H]1[C@H](O)[C@H](CCCCc2ccc(C)cc2)OC[C@@H]1C. The minimum absolute atomic E-state index is 0.0795. The standard InChI is InChI=1S/C18H28O3/c1-13-8-10-15(11-9-13)6-4-5-7-16-17(19)18(20-3)14(2)12-21-16/h8-11,14,16-19H,4-7,12H2,1-3H3/t14-,16-,17+,18-/m0/s1. The molecule has 0 unspecified atom stereocenters. The van der Waals surface area contributed by atoms with Gasteiger partial charge in [-0.25, -0.2) is 0 Å². The highest BCUT2D eigenvalue weighted by Crippen LogP contribution is 2.25. The third kappa shape index (κ3) is 4.53. The number of methoxy groups -OCH3 is 1. The van der Waals surface area contributed by atoms with E-state index < -0.39 is 6.10 Å². The minimum Gasteiger partial charge on any atom is -0.388 e. The van der Waals surface area contributed by atoms with E-state index in [9.17, 15) is 5.11 Å². The topological polar surface area (TPSA) is 38.7 Å². The van der Waals surface area contributed by atoms with Gasteiger partial charge in [-0.2, -0.15) is 0 Å². The number of ether oxygens (including phenoxy) is 2. The maximum Gasteiger partial charge on any atom is 0.107 e. The van der Waals surface area contributed by atoms with Crippen LogP contribution in [-0.2, 0) is 15.9 Å². The Labute approximate surface area is 128 Å². The molecule has 1 aromatic rings. The molecule has 0 amide bonds. The lowest BCUT2D eigenvalue weighted by Crippen LogP contribution is -2.50. The molecule has 2 rings (SSSR count). The second kappa shape index (κ2) is 7.92. The molecule has 0 saturated carbocycles. The van der Waals surface area contributed by atoms with Crippen LogP contribution in [0.2, 0.25) is 0 Å². The van der Waals surface area contributed by atoms with Crippen LogP contribution >= 0.6 is 0 Å². The summed E-state index contributed by atoms with van der Waals surface area (Å²) in [6, 6.07) is 8.72. The number of aliphatic hydroxyl groups is 1. The normalized spacial score (nSPS) is 29.5. The molecule has 0 spiro atoms. The van der Waals surface area contributed by atoms with E-state index in [1.165, 1.54) is 11.1 Å². The first-order chi connectivity index (χ1) is 10.1. The van der Waals surface area contributed by atoms with E-state index in [-0.39, 0.29) is 18.1 Å². The summed E-state index contributed by atoms with van der Waals surface area (Å²) in [7, 11) is 1.67. The van der Waals surface area contributed by atoms with Crippen LogP contribution in [0.15, 0.2) is 24.3 Å². The lowest BCUT2D eigenvalue weighted by atomic mass is 9.91. The summed E-state index contributed by atoms with van der Waals surface area (Å²) in [5.74, 6) is 0.258. The lowest BCUT2D eigenvalue weighted by molar-refractivity contribution is -0.172. The highest BCUT2D eigenvalue weighted by Gasteiger charge is 2.36. The summed E-state index contributed by atoms with van der Waals surface area (Å²) in [4.78, 5) is 0. The van der Waals surface area contributed by atoms with Crippen molar-refractivity contribution >= 4 is 0 Å². The Balaban J connectivity index is 1.72. The van der Waals surface area contributed by atoms with Crippen molar-refractivity contribution < 1.29 is 14.6 Å². The van der Waals surface area contributed by atoms with Gasteiger partial charge >= 0.3 is 0 Å². The first kappa shape index (κ1) is 16.5. The number of unbranched alkanes of at least 4 members (excludes halogenated alkanes) is 1. The summed E-state index contributed by atoms with van der Waals surface area (Å²) >= 11 is 0. The predicted octanol–water partition coefficient (Wildman–Crippen LogP) is 3.12. The molecule has 0 aliphatic carbocycles. The van der Waals surface area contributed by atoms with Crippen LogP contribution in [0.25, 0.3) is 0 Å². The van der Waals surface area contributed by atoms with E-state index in [0.29, 0.717) is 6.61 Å². The van der Waals surface area contributed by atoms with Crippen LogP contribution in [-0.4, -0.2) is 37.1 Å². The van der Waals surface area contributed by atoms with Gasteiger partial charge in [0.2, 0.25) is 0 Å². The van der Waals surface area contributed by atoms with Crippen LogP contribution in [0.5, 0.6) is 0 Å². The predicted molar refractivity (Wildman–Crippen MR) is 84.4 cm³/mol. The third-order valence-corrected chi connectivity index (χ3v) is 4.45. The number of rotatable bonds is 6. The smallest absolute Gasteiger partial charge is 0.107 e. The number of aliphatic hydroxyl groups excluding tert-OH is 1. The zero-order chi connectivity index (χ0) is 15.2. The summed E-state index contributed by atoms with van der Waals surface area (Å²) < 4.78 is 11.2. The van der Waals surface area contributed by atoms with E-state index in [1.807, 2.05) is 0 Å². The molecule has 1 N–H and O–H groups in total. The molecule has 118 valence electrons. The molecule has 4 atom stereocenters. The van der Waals surface area contributed by atoms with Crippen molar-refractivity contribution in [3.8, 4) is 0 Å². The molecule has 3 nitrogen and oxygen atoms in total. The zero-order valence-corrected chi connectivity index (χ0v) is 13.4. The second-order valence-corrected chi connectivity index (χ2v) is 6.27. The van der Waals surface area contributed by atoms with Crippen LogP contribution in [0.3, 0.4) is 0 Å². The fraction of sp³-hybridized carbons (Fsp3) is 0.667. The molecule has 0 radical (unpaired) electrons. The maximum atomic E-state index is 10.3. The molecule has 1 aliphatic heterocycles. The summed E-state index contributed by atoms with van der Waals surface area (Å²) in [6.07, 6.45) is 3.51. The van der Waals surface area contributed by atoms with Crippen LogP contribution in [0.4, 0.5) is 0 Å².